The zero-order valence-corrected chi connectivity index (χ0v) is 16.9. The molecule has 1 saturated heterocycles. The number of anilines is 1. The highest BCUT2D eigenvalue weighted by atomic mass is 32.2. The van der Waals surface area contributed by atoms with Gasteiger partial charge < -0.3 is 9.64 Å². The first-order valence-corrected chi connectivity index (χ1v) is 10.9. The average molecular weight is 401 g/mol. The van der Waals surface area contributed by atoms with Crippen LogP contribution in [-0.2, 0) is 16.4 Å². The highest BCUT2D eigenvalue weighted by Gasteiger charge is 2.33. The quantitative estimate of drug-likeness (QED) is 0.791. The molecular formula is C21H24N2O4S. The van der Waals surface area contributed by atoms with E-state index in [1.165, 1.54) is 23.5 Å². The van der Waals surface area contributed by atoms with Crippen LogP contribution in [0.15, 0.2) is 47.4 Å². The Labute approximate surface area is 165 Å². The molecule has 1 atom stereocenters. The molecule has 0 N–H and O–H groups in total. The van der Waals surface area contributed by atoms with E-state index in [9.17, 15) is 13.2 Å². The lowest BCUT2D eigenvalue weighted by molar-refractivity contribution is 0.0784. The van der Waals surface area contributed by atoms with Gasteiger partial charge >= 0.3 is 0 Å². The summed E-state index contributed by atoms with van der Waals surface area (Å²) >= 11 is 0. The van der Waals surface area contributed by atoms with Gasteiger partial charge in [-0.05, 0) is 48.6 Å². The second-order valence-electron chi connectivity index (χ2n) is 7.46. The molecule has 4 rings (SSSR count). The van der Waals surface area contributed by atoms with Gasteiger partial charge in [-0.15, -0.1) is 0 Å². The van der Waals surface area contributed by atoms with Crippen LogP contribution >= 0.6 is 0 Å². The van der Waals surface area contributed by atoms with Gasteiger partial charge in [-0.3, -0.25) is 9.10 Å². The van der Waals surface area contributed by atoms with Crippen LogP contribution in [0.3, 0.4) is 0 Å². The minimum Gasteiger partial charge on any atom is -0.496 e. The third kappa shape index (κ3) is 3.13. The number of ether oxygens (including phenoxy) is 1. The van der Waals surface area contributed by atoms with Crippen LogP contribution < -0.4 is 9.04 Å². The van der Waals surface area contributed by atoms with Gasteiger partial charge in [0, 0.05) is 19.6 Å². The molecule has 0 saturated carbocycles. The van der Waals surface area contributed by atoms with Crippen LogP contribution in [0.1, 0.15) is 29.3 Å². The van der Waals surface area contributed by atoms with Crippen LogP contribution in [0.5, 0.6) is 5.75 Å². The number of sulfonamides is 1. The Hall–Kier alpha value is -2.54. The summed E-state index contributed by atoms with van der Waals surface area (Å²) in [6, 6.07) is 12.1. The second kappa shape index (κ2) is 7.13. The van der Waals surface area contributed by atoms with Gasteiger partial charge in [0.25, 0.3) is 15.9 Å². The molecule has 2 aromatic carbocycles. The molecule has 7 heteroatoms. The summed E-state index contributed by atoms with van der Waals surface area (Å²) in [6.45, 7) is 3.87. The Morgan fingerprint density at radius 1 is 1.14 bits per heavy atom. The number of para-hydroxylation sites is 1. The molecule has 2 heterocycles. The van der Waals surface area contributed by atoms with Crippen LogP contribution in [0.4, 0.5) is 5.69 Å². The van der Waals surface area contributed by atoms with Gasteiger partial charge in [-0.25, -0.2) is 8.42 Å². The molecule has 0 spiro atoms. The summed E-state index contributed by atoms with van der Waals surface area (Å²) in [5.74, 6) is 0.661. The zero-order valence-electron chi connectivity index (χ0n) is 16.1. The van der Waals surface area contributed by atoms with Crippen molar-refractivity contribution in [2.24, 2.45) is 5.92 Å². The number of hydrogen-bond donors (Lipinski definition) is 0. The van der Waals surface area contributed by atoms with Crippen molar-refractivity contribution >= 4 is 21.6 Å². The number of methoxy groups -OCH3 is 1. The molecule has 148 valence electrons. The highest BCUT2D eigenvalue weighted by Crippen LogP contribution is 2.34. The molecule has 1 unspecified atom stereocenters. The fourth-order valence-corrected chi connectivity index (χ4v) is 5.52. The van der Waals surface area contributed by atoms with E-state index in [1.807, 2.05) is 24.3 Å². The molecule has 2 aromatic rings. The Balaban J connectivity index is 1.72. The molecule has 0 radical (unpaired) electrons. The third-order valence-corrected chi connectivity index (χ3v) is 7.35. The summed E-state index contributed by atoms with van der Waals surface area (Å²) in [5.41, 5.74) is 2.02. The summed E-state index contributed by atoms with van der Waals surface area (Å²) in [6.07, 6.45) is 1.64. The number of nitrogens with zero attached hydrogens (tertiary/aromatic N) is 2. The van der Waals surface area contributed by atoms with Crippen molar-refractivity contribution in [1.29, 1.82) is 0 Å². The van der Waals surface area contributed by atoms with E-state index in [0.29, 0.717) is 49.0 Å². The molecule has 28 heavy (non-hydrogen) atoms. The molecule has 2 aliphatic rings. The largest absolute Gasteiger partial charge is 0.496 e. The number of hydrogen-bond acceptors (Lipinski definition) is 4. The lowest BCUT2D eigenvalue weighted by atomic mass is 10.1. The van der Waals surface area contributed by atoms with Crippen molar-refractivity contribution in [3.63, 3.8) is 0 Å². The van der Waals surface area contributed by atoms with Crippen molar-refractivity contribution in [2.45, 2.75) is 24.7 Å². The van der Waals surface area contributed by atoms with E-state index in [2.05, 4.69) is 6.92 Å². The molecular weight excluding hydrogens is 376 g/mol. The smallest absolute Gasteiger partial charge is 0.264 e. The van der Waals surface area contributed by atoms with Crippen LogP contribution in [-0.4, -0.2) is 46.0 Å². The van der Waals surface area contributed by atoms with Gasteiger partial charge in [0.05, 0.1) is 23.3 Å². The first kappa shape index (κ1) is 18.8. The van der Waals surface area contributed by atoms with E-state index in [-0.39, 0.29) is 10.8 Å². The van der Waals surface area contributed by atoms with Crippen molar-refractivity contribution in [1.82, 2.24) is 4.90 Å². The number of benzene rings is 2. The predicted octanol–water partition coefficient (Wildman–Crippen LogP) is 2.93. The Morgan fingerprint density at radius 3 is 2.64 bits per heavy atom. The molecule has 0 aromatic heterocycles. The van der Waals surface area contributed by atoms with Gasteiger partial charge in [-0.1, -0.05) is 25.1 Å². The minimum atomic E-state index is -3.76. The van der Waals surface area contributed by atoms with Crippen molar-refractivity contribution in [2.75, 3.05) is 31.0 Å². The number of carbonyl (C=O) groups is 1. The maximum absolute atomic E-state index is 13.3. The van der Waals surface area contributed by atoms with E-state index < -0.39 is 10.0 Å². The minimum absolute atomic E-state index is 0.112. The fraction of sp³-hybridized carbons (Fsp3) is 0.381. The summed E-state index contributed by atoms with van der Waals surface area (Å²) < 4.78 is 33.4. The molecule has 6 nitrogen and oxygen atoms in total. The maximum Gasteiger partial charge on any atom is 0.264 e. The Morgan fingerprint density at radius 2 is 1.93 bits per heavy atom. The molecule has 1 fully saturated rings. The normalized spacial score (nSPS) is 19.0. The molecule has 0 bridgehead atoms. The highest BCUT2D eigenvalue weighted by molar-refractivity contribution is 7.92. The van der Waals surface area contributed by atoms with E-state index in [1.54, 1.807) is 11.0 Å². The lowest BCUT2D eigenvalue weighted by Crippen LogP contribution is -2.31. The van der Waals surface area contributed by atoms with Gasteiger partial charge in [0.2, 0.25) is 0 Å². The number of rotatable bonds is 4. The van der Waals surface area contributed by atoms with Gasteiger partial charge in [0.1, 0.15) is 5.75 Å². The zero-order chi connectivity index (χ0) is 19.9. The number of carbonyl (C=O) groups excluding carboxylic acids is 1. The molecule has 1 amide bonds. The molecule has 2 aliphatic heterocycles. The molecule has 0 aliphatic carbocycles. The van der Waals surface area contributed by atoms with Crippen LogP contribution in [0.25, 0.3) is 0 Å². The predicted molar refractivity (Wildman–Crippen MR) is 107 cm³/mol. The van der Waals surface area contributed by atoms with Crippen LogP contribution in [0.2, 0.25) is 0 Å². The van der Waals surface area contributed by atoms with E-state index in [4.69, 9.17) is 4.74 Å². The summed E-state index contributed by atoms with van der Waals surface area (Å²) in [7, 11) is -2.27. The maximum atomic E-state index is 13.3. The fourth-order valence-electron chi connectivity index (χ4n) is 3.99. The topological polar surface area (TPSA) is 66.9 Å². The summed E-state index contributed by atoms with van der Waals surface area (Å²) in [5, 5.41) is 0. The third-order valence-electron chi connectivity index (χ3n) is 5.54. The van der Waals surface area contributed by atoms with Crippen molar-refractivity contribution in [3.05, 3.63) is 53.6 Å². The number of fused-ring (bicyclic) bond motifs is 1. The Bertz CT molecular complexity index is 1020. The summed E-state index contributed by atoms with van der Waals surface area (Å²) in [4.78, 5) is 14.9. The standard InChI is InChI=1S/C21H24N2O4S/c1-15-9-11-22(14-15)21(24)18-13-17(7-8-20(18)27-2)28(25,26)23-12-10-16-5-3-4-6-19(16)23/h3-8,13,15H,9-12,14H2,1-2H3. The first-order chi connectivity index (χ1) is 13.4. The van der Waals surface area contributed by atoms with Crippen molar-refractivity contribution in [3.8, 4) is 5.75 Å². The Kier molecular flexibility index (Phi) is 4.79. The lowest BCUT2D eigenvalue weighted by Gasteiger charge is -2.22. The SMILES string of the molecule is COc1ccc(S(=O)(=O)N2CCc3ccccc32)cc1C(=O)N1CCC(C)C1. The van der Waals surface area contributed by atoms with E-state index >= 15 is 0 Å². The van der Waals surface area contributed by atoms with Crippen molar-refractivity contribution < 1.29 is 17.9 Å². The monoisotopic (exact) mass is 400 g/mol. The second-order valence-corrected chi connectivity index (χ2v) is 9.33. The average Bonchev–Trinajstić information content (AvgIpc) is 3.33. The first-order valence-electron chi connectivity index (χ1n) is 9.50. The van der Waals surface area contributed by atoms with E-state index in [0.717, 1.165) is 12.0 Å². The number of amides is 1. The van der Waals surface area contributed by atoms with Gasteiger partial charge in [0.15, 0.2) is 0 Å². The van der Waals surface area contributed by atoms with Gasteiger partial charge in [-0.2, -0.15) is 0 Å². The van der Waals surface area contributed by atoms with Crippen LogP contribution in [0, 0.1) is 5.92 Å². The number of likely N-dealkylation sites (tertiary alicyclic amines) is 1.